The molecule has 1 aromatic carbocycles. The van der Waals surface area contributed by atoms with Gasteiger partial charge in [-0.15, -0.1) is 0 Å². The second-order valence-corrected chi connectivity index (χ2v) is 7.58. The fourth-order valence-electron chi connectivity index (χ4n) is 2.32. The molecule has 0 atom stereocenters. The number of rotatable bonds is 6. The fourth-order valence-corrected chi connectivity index (χ4v) is 3.57. The van der Waals surface area contributed by atoms with Gasteiger partial charge in [-0.1, -0.05) is 11.6 Å². The Morgan fingerprint density at radius 3 is 2.56 bits per heavy atom. The van der Waals surface area contributed by atoms with E-state index in [1.54, 1.807) is 6.92 Å². The van der Waals surface area contributed by atoms with Gasteiger partial charge >= 0.3 is 0 Å². The molecule has 0 fully saturated rings. The predicted octanol–water partition coefficient (Wildman–Crippen LogP) is 2.10. The minimum Gasteiger partial charge on any atom is -0.504 e. The molecule has 1 heterocycles. The average Bonchev–Trinajstić information content (AvgIpc) is 2.92. The van der Waals surface area contributed by atoms with Crippen molar-refractivity contribution < 1.29 is 17.9 Å². The van der Waals surface area contributed by atoms with Crippen LogP contribution < -0.4 is 5.56 Å². The predicted molar refractivity (Wildman–Crippen MR) is 94.8 cm³/mol. The van der Waals surface area contributed by atoms with Crippen molar-refractivity contribution in [1.29, 1.82) is 0 Å². The van der Waals surface area contributed by atoms with Crippen molar-refractivity contribution in [1.82, 2.24) is 9.78 Å². The van der Waals surface area contributed by atoms with Crippen LogP contribution in [0.3, 0.4) is 0 Å². The number of hydrogen-bond donors (Lipinski definition) is 1. The Balaban J connectivity index is 2.67. The van der Waals surface area contributed by atoms with E-state index in [0.29, 0.717) is 6.54 Å². The maximum Gasteiger partial charge on any atom is 0.277 e. The molecule has 134 valence electrons. The van der Waals surface area contributed by atoms with Crippen LogP contribution in [0, 0.1) is 0 Å². The zero-order valence-electron chi connectivity index (χ0n) is 13.9. The SMILES string of the molecule is CCn1[nH]cc(C(=O)c2ccc(S(C)(=O)=O)c(C=COC)c2Cl)c1=O. The molecule has 0 amide bonds. The number of aromatic amines is 1. The van der Waals surface area contributed by atoms with Crippen molar-refractivity contribution in [3.8, 4) is 0 Å². The number of sulfone groups is 1. The first-order chi connectivity index (χ1) is 11.7. The van der Waals surface area contributed by atoms with E-state index >= 15 is 0 Å². The molecule has 0 aliphatic rings. The van der Waals surface area contributed by atoms with Gasteiger partial charge in [0.05, 0.1) is 23.3 Å². The summed E-state index contributed by atoms with van der Waals surface area (Å²) in [6.45, 7) is 2.14. The first-order valence-electron chi connectivity index (χ1n) is 7.27. The second kappa shape index (κ2) is 7.28. The molecule has 2 rings (SSSR count). The Labute approximate surface area is 149 Å². The normalized spacial score (nSPS) is 11.8. The molecule has 0 unspecified atom stereocenters. The average molecular weight is 385 g/mol. The molecule has 0 spiro atoms. The lowest BCUT2D eigenvalue weighted by molar-refractivity contribution is 0.103. The van der Waals surface area contributed by atoms with E-state index in [4.69, 9.17) is 16.3 Å². The van der Waals surface area contributed by atoms with E-state index in [1.165, 1.54) is 42.5 Å². The highest BCUT2D eigenvalue weighted by molar-refractivity contribution is 7.90. The van der Waals surface area contributed by atoms with Gasteiger partial charge in [0.1, 0.15) is 5.56 Å². The summed E-state index contributed by atoms with van der Waals surface area (Å²) in [7, 11) is -2.18. The van der Waals surface area contributed by atoms with Crippen molar-refractivity contribution >= 4 is 33.3 Å². The van der Waals surface area contributed by atoms with Gasteiger partial charge < -0.3 is 9.84 Å². The number of hydrogen-bond acceptors (Lipinski definition) is 5. The highest BCUT2D eigenvalue weighted by Gasteiger charge is 2.23. The van der Waals surface area contributed by atoms with Crippen LogP contribution in [-0.4, -0.2) is 37.3 Å². The minimum atomic E-state index is -3.58. The van der Waals surface area contributed by atoms with E-state index in [-0.39, 0.29) is 26.6 Å². The van der Waals surface area contributed by atoms with Crippen LogP contribution in [0.2, 0.25) is 5.02 Å². The lowest BCUT2D eigenvalue weighted by atomic mass is 10.0. The van der Waals surface area contributed by atoms with Crippen molar-refractivity contribution in [3.63, 3.8) is 0 Å². The van der Waals surface area contributed by atoms with Crippen LogP contribution in [0.5, 0.6) is 0 Å². The largest absolute Gasteiger partial charge is 0.504 e. The maximum absolute atomic E-state index is 12.7. The summed E-state index contributed by atoms with van der Waals surface area (Å²) in [4.78, 5) is 24.8. The number of carbonyl (C=O) groups is 1. The summed E-state index contributed by atoms with van der Waals surface area (Å²) in [6, 6.07) is 2.59. The third kappa shape index (κ3) is 3.69. The zero-order chi connectivity index (χ0) is 18.8. The number of halogens is 1. The van der Waals surface area contributed by atoms with E-state index in [9.17, 15) is 18.0 Å². The summed E-state index contributed by atoms with van der Waals surface area (Å²) in [6.07, 6.45) is 4.96. The molecule has 0 aliphatic carbocycles. The lowest BCUT2D eigenvalue weighted by Gasteiger charge is -2.10. The van der Waals surface area contributed by atoms with Gasteiger partial charge in [-0.05, 0) is 25.1 Å². The molecule has 9 heteroatoms. The van der Waals surface area contributed by atoms with Crippen molar-refractivity contribution in [2.75, 3.05) is 13.4 Å². The molecule has 0 radical (unpaired) electrons. The molecule has 1 aromatic heterocycles. The number of carbonyl (C=O) groups excluding carboxylic acids is 1. The summed E-state index contributed by atoms with van der Waals surface area (Å²) in [5.74, 6) is -0.592. The van der Waals surface area contributed by atoms with Crippen molar-refractivity contribution in [2.24, 2.45) is 0 Å². The van der Waals surface area contributed by atoms with Crippen molar-refractivity contribution in [3.05, 3.63) is 56.7 Å². The van der Waals surface area contributed by atoms with Gasteiger partial charge in [0.2, 0.25) is 5.78 Å². The third-order valence-corrected chi connectivity index (χ3v) is 5.12. The number of ether oxygens (including phenoxy) is 1. The summed E-state index contributed by atoms with van der Waals surface area (Å²) in [5.41, 5.74) is -0.380. The van der Waals surface area contributed by atoms with E-state index < -0.39 is 21.2 Å². The van der Waals surface area contributed by atoms with E-state index in [1.807, 2.05) is 0 Å². The Morgan fingerprint density at radius 1 is 1.36 bits per heavy atom. The first-order valence-corrected chi connectivity index (χ1v) is 9.54. The third-order valence-electron chi connectivity index (χ3n) is 3.56. The molecular formula is C16H17ClN2O5S. The van der Waals surface area contributed by atoms with Crippen LogP contribution in [0.25, 0.3) is 6.08 Å². The van der Waals surface area contributed by atoms with E-state index in [2.05, 4.69) is 5.10 Å². The number of H-pyrrole nitrogens is 1. The van der Waals surface area contributed by atoms with E-state index in [0.717, 1.165) is 6.26 Å². The topological polar surface area (TPSA) is 98.2 Å². The standard InChI is InChI=1S/C16H17ClN2O5S/c1-4-19-16(21)12(9-18-19)15(20)11-5-6-13(25(3,22)23)10(14(11)17)7-8-24-2/h5-9,18H,4H2,1-3H3. The highest BCUT2D eigenvalue weighted by Crippen LogP contribution is 2.30. The van der Waals surface area contributed by atoms with Gasteiger partial charge in [-0.2, -0.15) is 0 Å². The highest BCUT2D eigenvalue weighted by atomic mass is 35.5. The molecule has 0 saturated heterocycles. The Morgan fingerprint density at radius 2 is 2.04 bits per heavy atom. The number of methoxy groups -OCH3 is 1. The molecule has 7 nitrogen and oxygen atoms in total. The van der Waals surface area contributed by atoms with Gasteiger partial charge in [0, 0.05) is 30.1 Å². The number of aryl methyl sites for hydroxylation is 1. The second-order valence-electron chi connectivity index (χ2n) is 5.22. The van der Waals surface area contributed by atoms with Gasteiger partial charge in [0.25, 0.3) is 5.56 Å². The van der Waals surface area contributed by atoms with Crippen LogP contribution in [0.1, 0.15) is 28.4 Å². The molecular weight excluding hydrogens is 368 g/mol. The zero-order valence-corrected chi connectivity index (χ0v) is 15.4. The smallest absolute Gasteiger partial charge is 0.277 e. The van der Waals surface area contributed by atoms with Gasteiger partial charge in [-0.3, -0.25) is 14.3 Å². The van der Waals surface area contributed by atoms with Crippen LogP contribution >= 0.6 is 11.6 Å². The van der Waals surface area contributed by atoms with Gasteiger partial charge in [-0.25, -0.2) is 8.42 Å². The summed E-state index contributed by atoms with van der Waals surface area (Å²) < 4.78 is 30.0. The van der Waals surface area contributed by atoms with Gasteiger partial charge in [0.15, 0.2) is 9.84 Å². The molecule has 0 bridgehead atoms. The number of benzene rings is 1. The quantitative estimate of drug-likeness (QED) is 0.607. The van der Waals surface area contributed by atoms with Crippen molar-refractivity contribution in [2.45, 2.75) is 18.4 Å². The number of nitrogens with one attached hydrogen (secondary N) is 1. The Hall–Kier alpha value is -2.32. The van der Waals surface area contributed by atoms with Crippen LogP contribution in [-0.2, 0) is 21.1 Å². The molecule has 1 N–H and O–H groups in total. The number of nitrogens with zero attached hydrogens (tertiary/aromatic N) is 1. The van der Waals surface area contributed by atoms with Crippen LogP contribution in [0.4, 0.5) is 0 Å². The Kier molecular flexibility index (Phi) is 5.54. The molecule has 2 aromatic rings. The molecule has 0 saturated carbocycles. The number of aromatic nitrogens is 2. The lowest BCUT2D eigenvalue weighted by Crippen LogP contribution is -2.21. The monoisotopic (exact) mass is 384 g/mol. The van der Waals surface area contributed by atoms with Crippen LogP contribution in [0.15, 0.2) is 34.3 Å². The minimum absolute atomic E-state index is 0.0316. The number of ketones is 1. The Bertz CT molecular complexity index is 1000. The molecule has 0 aliphatic heterocycles. The fraction of sp³-hybridized carbons (Fsp3) is 0.250. The molecule has 25 heavy (non-hydrogen) atoms. The first kappa shape index (κ1) is 19.0. The summed E-state index contributed by atoms with van der Waals surface area (Å²) in [5, 5.41) is 2.62. The maximum atomic E-state index is 12.7. The summed E-state index contributed by atoms with van der Waals surface area (Å²) >= 11 is 6.28.